The zero-order chi connectivity index (χ0) is 17.8. The van der Waals surface area contributed by atoms with Crippen molar-refractivity contribution in [3.8, 4) is 0 Å². The number of ether oxygens (including phenoxy) is 1. The van der Waals surface area contributed by atoms with Crippen molar-refractivity contribution in [2.24, 2.45) is 4.99 Å². The number of aliphatic imine (C=N–C) groups is 1. The minimum atomic E-state index is -0.238. The largest absolute Gasteiger partial charge is 0.383 e. The standard InChI is InChI=1S/C16H25FN4O2S.HI/c1-18-16(21-10-15(22)19-6-7-23-2)20-9-12-4-5-14(17)8-13(12)11-24-3;/h4-5,8H,6-7,9-11H2,1-3H3,(H,19,22)(H2,18,20,21);1H. The third-order valence-electron chi connectivity index (χ3n) is 3.18. The smallest absolute Gasteiger partial charge is 0.239 e. The van der Waals surface area contributed by atoms with Crippen LogP contribution in [0.15, 0.2) is 23.2 Å². The molecule has 142 valence electrons. The molecule has 0 aromatic heterocycles. The summed E-state index contributed by atoms with van der Waals surface area (Å²) in [6.45, 7) is 1.56. The van der Waals surface area contributed by atoms with Gasteiger partial charge in [-0.15, -0.1) is 24.0 Å². The molecule has 25 heavy (non-hydrogen) atoms. The minimum Gasteiger partial charge on any atom is -0.383 e. The summed E-state index contributed by atoms with van der Waals surface area (Å²) in [5, 5.41) is 8.78. The topological polar surface area (TPSA) is 74.8 Å². The first-order chi connectivity index (χ1) is 11.6. The van der Waals surface area contributed by atoms with Gasteiger partial charge in [0.1, 0.15) is 5.82 Å². The summed E-state index contributed by atoms with van der Waals surface area (Å²) in [7, 11) is 3.21. The first-order valence-electron chi connectivity index (χ1n) is 7.57. The van der Waals surface area contributed by atoms with Crippen LogP contribution in [0, 0.1) is 5.82 Å². The van der Waals surface area contributed by atoms with Crippen LogP contribution in [-0.4, -0.2) is 52.0 Å². The van der Waals surface area contributed by atoms with Crippen LogP contribution >= 0.6 is 35.7 Å². The molecule has 0 heterocycles. The molecular weight excluding hydrogens is 458 g/mol. The Bertz CT molecular complexity index is 561. The fourth-order valence-electron chi connectivity index (χ4n) is 1.98. The molecule has 3 N–H and O–H groups in total. The maximum absolute atomic E-state index is 13.4. The van der Waals surface area contributed by atoms with Gasteiger partial charge in [0, 0.05) is 33.0 Å². The molecule has 1 aromatic rings. The van der Waals surface area contributed by atoms with E-state index in [1.54, 1.807) is 38.1 Å². The van der Waals surface area contributed by atoms with Crippen molar-refractivity contribution < 1.29 is 13.9 Å². The summed E-state index contributed by atoms with van der Waals surface area (Å²) in [6.07, 6.45) is 1.98. The number of hydrogen-bond donors (Lipinski definition) is 3. The van der Waals surface area contributed by atoms with Gasteiger partial charge in [0.05, 0.1) is 13.2 Å². The van der Waals surface area contributed by atoms with Crippen LogP contribution in [0.2, 0.25) is 0 Å². The average Bonchev–Trinajstić information content (AvgIpc) is 2.57. The third-order valence-corrected chi connectivity index (χ3v) is 3.78. The van der Waals surface area contributed by atoms with Crippen LogP contribution in [0.25, 0.3) is 0 Å². The Morgan fingerprint density at radius 3 is 2.68 bits per heavy atom. The summed E-state index contributed by atoms with van der Waals surface area (Å²) >= 11 is 1.64. The molecule has 0 aliphatic carbocycles. The molecule has 1 amide bonds. The molecule has 0 bridgehead atoms. The van der Waals surface area contributed by atoms with Crippen LogP contribution in [-0.2, 0) is 21.8 Å². The zero-order valence-electron chi connectivity index (χ0n) is 14.7. The molecule has 1 rings (SSSR count). The van der Waals surface area contributed by atoms with Crippen molar-refractivity contribution in [2.45, 2.75) is 12.3 Å². The summed E-state index contributed by atoms with van der Waals surface area (Å²) < 4.78 is 18.2. The number of carbonyl (C=O) groups excluding carboxylic acids is 1. The molecule has 1 aromatic carbocycles. The summed E-state index contributed by atoms with van der Waals surface area (Å²) in [5.74, 6) is 0.872. The molecule has 0 unspecified atom stereocenters. The number of guanidine groups is 1. The summed E-state index contributed by atoms with van der Waals surface area (Å²) in [5.41, 5.74) is 1.95. The highest BCUT2D eigenvalue weighted by molar-refractivity contribution is 14.0. The Morgan fingerprint density at radius 1 is 1.28 bits per heavy atom. The fourth-order valence-corrected chi connectivity index (χ4v) is 2.56. The molecule has 0 radical (unpaired) electrons. The van der Waals surface area contributed by atoms with E-state index in [0.29, 0.717) is 25.7 Å². The SMILES string of the molecule is CN=C(NCC(=O)NCCOC)NCc1ccc(F)cc1CSC.I. The number of nitrogens with one attached hydrogen (secondary N) is 3. The average molecular weight is 484 g/mol. The van der Waals surface area contributed by atoms with Gasteiger partial charge in [-0.1, -0.05) is 6.07 Å². The van der Waals surface area contributed by atoms with E-state index in [2.05, 4.69) is 20.9 Å². The second kappa shape index (κ2) is 14.1. The molecule has 0 aliphatic heterocycles. The predicted octanol–water partition coefficient (Wildman–Crippen LogP) is 1.73. The van der Waals surface area contributed by atoms with Gasteiger partial charge in [-0.3, -0.25) is 9.79 Å². The molecule has 0 saturated carbocycles. The predicted molar refractivity (Wildman–Crippen MR) is 112 cm³/mol. The van der Waals surface area contributed by atoms with Crippen molar-refractivity contribution in [3.05, 3.63) is 35.1 Å². The molecule has 6 nitrogen and oxygen atoms in total. The number of benzene rings is 1. The van der Waals surface area contributed by atoms with Crippen molar-refractivity contribution in [2.75, 3.05) is 40.1 Å². The first kappa shape index (κ1) is 23.9. The zero-order valence-corrected chi connectivity index (χ0v) is 17.9. The summed E-state index contributed by atoms with van der Waals surface area (Å²) in [6, 6.07) is 4.76. The fraction of sp³-hybridized carbons (Fsp3) is 0.500. The lowest BCUT2D eigenvalue weighted by molar-refractivity contribution is -0.120. The Kier molecular flexibility index (Phi) is 13.5. The van der Waals surface area contributed by atoms with Gasteiger partial charge in [0.2, 0.25) is 5.91 Å². The number of rotatable bonds is 9. The number of thioether (sulfide) groups is 1. The lowest BCUT2D eigenvalue weighted by atomic mass is 10.1. The third kappa shape index (κ3) is 9.85. The molecule has 0 fully saturated rings. The Balaban J connectivity index is 0.00000576. The van der Waals surface area contributed by atoms with E-state index in [1.807, 2.05) is 6.26 Å². The monoisotopic (exact) mass is 484 g/mol. The molecule has 9 heteroatoms. The number of carbonyl (C=O) groups is 1. The van der Waals surface area contributed by atoms with Crippen LogP contribution < -0.4 is 16.0 Å². The van der Waals surface area contributed by atoms with Gasteiger partial charge in [0.25, 0.3) is 0 Å². The molecule has 0 atom stereocenters. The highest BCUT2D eigenvalue weighted by Gasteiger charge is 2.07. The van der Waals surface area contributed by atoms with Crippen LogP contribution in [0.5, 0.6) is 0 Å². The van der Waals surface area contributed by atoms with E-state index < -0.39 is 0 Å². The number of nitrogens with zero attached hydrogens (tertiary/aromatic N) is 1. The van der Waals surface area contributed by atoms with Crippen molar-refractivity contribution in [3.63, 3.8) is 0 Å². The van der Waals surface area contributed by atoms with Crippen molar-refractivity contribution in [1.29, 1.82) is 0 Å². The number of methoxy groups -OCH3 is 1. The normalized spacial score (nSPS) is 10.8. The molecule has 0 saturated heterocycles. The maximum atomic E-state index is 13.4. The summed E-state index contributed by atoms with van der Waals surface area (Å²) in [4.78, 5) is 15.7. The number of hydrogen-bond acceptors (Lipinski definition) is 4. The quantitative estimate of drug-likeness (QED) is 0.216. The van der Waals surface area contributed by atoms with E-state index in [-0.39, 0.29) is 42.2 Å². The Hall–Kier alpha value is -1.07. The van der Waals surface area contributed by atoms with E-state index in [4.69, 9.17) is 4.74 Å². The van der Waals surface area contributed by atoms with E-state index in [1.165, 1.54) is 6.07 Å². The Morgan fingerprint density at radius 2 is 2.04 bits per heavy atom. The van der Waals surface area contributed by atoms with Gasteiger partial charge < -0.3 is 20.7 Å². The van der Waals surface area contributed by atoms with Gasteiger partial charge >= 0.3 is 0 Å². The lowest BCUT2D eigenvalue weighted by Crippen LogP contribution is -2.43. The van der Waals surface area contributed by atoms with Gasteiger partial charge in [0.15, 0.2) is 5.96 Å². The molecule has 0 aliphatic rings. The van der Waals surface area contributed by atoms with Crippen molar-refractivity contribution >= 4 is 47.6 Å². The van der Waals surface area contributed by atoms with Gasteiger partial charge in [-0.05, 0) is 29.5 Å². The maximum Gasteiger partial charge on any atom is 0.239 e. The number of amides is 1. The van der Waals surface area contributed by atoms with Gasteiger partial charge in [-0.25, -0.2) is 4.39 Å². The highest BCUT2D eigenvalue weighted by atomic mass is 127. The lowest BCUT2D eigenvalue weighted by Gasteiger charge is -2.14. The molecule has 0 spiro atoms. The van der Waals surface area contributed by atoms with Crippen LogP contribution in [0.4, 0.5) is 4.39 Å². The van der Waals surface area contributed by atoms with Crippen LogP contribution in [0.3, 0.4) is 0 Å². The van der Waals surface area contributed by atoms with E-state index >= 15 is 0 Å². The second-order valence-electron chi connectivity index (χ2n) is 4.97. The van der Waals surface area contributed by atoms with E-state index in [9.17, 15) is 9.18 Å². The number of halogens is 2. The van der Waals surface area contributed by atoms with Crippen molar-refractivity contribution in [1.82, 2.24) is 16.0 Å². The van der Waals surface area contributed by atoms with Crippen LogP contribution in [0.1, 0.15) is 11.1 Å². The Labute approximate surface area is 169 Å². The minimum absolute atomic E-state index is 0. The van der Waals surface area contributed by atoms with Gasteiger partial charge in [-0.2, -0.15) is 11.8 Å². The first-order valence-corrected chi connectivity index (χ1v) is 8.96. The highest BCUT2D eigenvalue weighted by Crippen LogP contribution is 2.16. The second-order valence-corrected chi connectivity index (χ2v) is 5.83. The van der Waals surface area contributed by atoms with E-state index in [0.717, 1.165) is 16.9 Å². The molecular formula is C16H26FIN4O2S.